The van der Waals surface area contributed by atoms with Crippen molar-refractivity contribution in [3.05, 3.63) is 41.8 Å². The molecule has 0 unspecified atom stereocenters. The Morgan fingerprint density at radius 2 is 2.09 bits per heavy atom. The molecule has 6 nitrogen and oxygen atoms in total. The van der Waals surface area contributed by atoms with Crippen LogP contribution in [0.2, 0.25) is 0 Å². The van der Waals surface area contributed by atoms with E-state index in [0.717, 1.165) is 12.0 Å². The number of hydrogen-bond acceptors (Lipinski definition) is 4. The predicted octanol–water partition coefficient (Wildman–Crippen LogP) is 2.27. The van der Waals surface area contributed by atoms with Gasteiger partial charge in [-0.05, 0) is 31.9 Å². The molecule has 23 heavy (non-hydrogen) atoms. The number of aliphatic carboxylic acids is 1. The molecular formula is C17H18N2O4. The van der Waals surface area contributed by atoms with Crippen molar-refractivity contribution in [3.63, 3.8) is 0 Å². The van der Waals surface area contributed by atoms with Crippen molar-refractivity contribution in [1.82, 2.24) is 9.88 Å². The maximum atomic E-state index is 12.4. The van der Waals surface area contributed by atoms with Crippen LogP contribution in [0, 0.1) is 6.92 Å². The van der Waals surface area contributed by atoms with Crippen LogP contribution in [0.1, 0.15) is 24.3 Å². The van der Waals surface area contributed by atoms with Crippen LogP contribution in [0.25, 0.3) is 11.5 Å². The van der Waals surface area contributed by atoms with Gasteiger partial charge >= 0.3 is 5.97 Å². The summed E-state index contributed by atoms with van der Waals surface area (Å²) in [7, 11) is 0. The van der Waals surface area contributed by atoms with Gasteiger partial charge in [-0.2, -0.15) is 0 Å². The fourth-order valence-electron chi connectivity index (χ4n) is 2.86. The summed E-state index contributed by atoms with van der Waals surface area (Å²) in [6.45, 7) is 2.25. The molecule has 3 rings (SSSR count). The summed E-state index contributed by atoms with van der Waals surface area (Å²) < 4.78 is 5.64. The van der Waals surface area contributed by atoms with Crippen LogP contribution in [0.5, 0.6) is 0 Å². The molecule has 2 aromatic rings. The molecule has 1 aromatic carbocycles. The SMILES string of the molecule is Cc1oc(-c2ccccc2)nc1CC(=O)N1CCC[C@H]1C(=O)O. The first-order valence-corrected chi connectivity index (χ1v) is 7.60. The first kappa shape index (κ1) is 15.3. The van der Waals surface area contributed by atoms with Crippen molar-refractivity contribution in [2.75, 3.05) is 6.54 Å². The highest BCUT2D eigenvalue weighted by Gasteiger charge is 2.34. The van der Waals surface area contributed by atoms with Crippen LogP contribution in [0.3, 0.4) is 0 Å². The van der Waals surface area contributed by atoms with Gasteiger partial charge in [0, 0.05) is 12.1 Å². The average Bonchev–Trinajstić information content (AvgIpc) is 3.16. The second kappa shape index (κ2) is 6.24. The number of rotatable bonds is 4. The number of aryl methyl sites for hydroxylation is 1. The maximum absolute atomic E-state index is 12.4. The lowest BCUT2D eigenvalue weighted by atomic mass is 10.2. The molecule has 120 valence electrons. The van der Waals surface area contributed by atoms with Crippen LogP contribution >= 0.6 is 0 Å². The lowest BCUT2D eigenvalue weighted by Crippen LogP contribution is -2.41. The van der Waals surface area contributed by atoms with Gasteiger partial charge in [-0.25, -0.2) is 9.78 Å². The van der Waals surface area contributed by atoms with E-state index in [4.69, 9.17) is 4.42 Å². The van der Waals surface area contributed by atoms with Crippen LogP contribution in [-0.2, 0) is 16.0 Å². The average molecular weight is 314 g/mol. The first-order valence-electron chi connectivity index (χ1n) is 7.60. The van der Waals surface area contributed by atoms with E-state index in [0.29, 0.717) is 30.3 Å². The van der Waals surface area contributed by atoms with Crippen molar-refractivity contribution in [2.24, 2.45) is 0 Å². The summed E-state index contributed by atoms with van der Waals surface area (Å²) in [5.41, 5.74) is 1.41. The molecule has 1 N–H and O–H groups in total. The molecule has 1 fully saturated rings. The highest BCUT2D eigenvalue weighted by molar-refractivity contribution is 5.85. The molecule has 2 heterocycles. The zero-order chi connectivity index (χ0) is 16.4. The Morgan fingerprint density at radius 3 is 2.78 bits per heavy atom. The highest BCUT2D eigenvalue weighted by atomic mass is 16.4. The van der Waals surface area contributed by atoms with Crippen LogP contribution in [0.4, 0.5) is 0 Å². The third-order valence-electron chi connectivity index (χ3n) is 4.09. The van der Waals surface area contributed by atoms with Gasteiger partial charge in [-0.15, -0.1) is 0 Å². The van der Waals surface area contributed by atoms with E-state index in [9.17, 15) is 14.7 Å². The summed E-state index contributed by atoms with van der Waals surface area (Å²) in [6, 6.07) is 8.74. The lowest BCUT2D eigenvalue weighted by Gasteiger charge is -2.20. The molecule has 0 bridgehead atoms. The van der Waals surface area contributed by atoms with Crippen molar-refractivity contribution in [3.8, 4) is 11.5 Å². The highest BCUT2D eigenvalue weighted by Crippen LogP contribution is 2.23. The van der Waals surface area contributed by atoms with Gasteiger partial charge in [0.15, 0.2) is 0 Å². The van der Waals surface area contributed by atoms with E-state index in [1.54, 1.807) is 6.92 Å². The number of carbonyl (C=O) groups is 2. The van der Waals surface area contributed by atoms with Crippen LogP contribution in [0.15, 0.2) is 34.7 Å². The van der Waals surface area contributed by atoms with Gasteiger partial charge in [0.05, 0.1) is 12.1 Å². The third-order valence-corrected chi connectivity index (χ3v) is 4.09. The third kappa shape index (κ3) is 3.11. The molecule has 1 amide bonds. The molecule has 0 spiro atoms. The minimum absolute atomic E-state index is 0.0615. The number of likely N-dealkylation sites (tertiary alicyclic amines) is 1. The minimum Gasteiger partial charge on any atom is -0.480 e. The Labute approximate surface area is 133 Å². The Bertz CT molecular complexity index is 723. The maximum Gasteiger partial charge on any atom is 0.326 e. The van der Waals surface area contributed by atoms with Crippen molar-refractivity contribution in [1.29, 1.82) is 0 Å². The molecule has 1 atom stereocenters. The second-order valence-electron chi connectivity index (χ2n) is 5.65. The van der Waals surface area contributed by atoms with E-state index in [2.05, 4.69) is 4.98 Å². The van der Waals surface area contributed by atoms with Gasteiger partial charge in [0.25, 0.3) is 0 Å². The van der Waals surface area contributed by atoms with E-state index in [-0.39, 0.29) is 12.3 Å². The molecule has 1 aliphatic heterocycles. The summed E-state index contributed by atoms with van der Waals surface area (Å²) in [6.07, 6.45) is 1.29. The molecule has 0 radical (unpaired) electrons. The van der Waals surface area contributed by atoms with E-state index >= 15 is 0 Å². The van der Waals surface area contributed by atoms with Gasteiger partial charge in [0.1, 0.15) is 11.8 Å². The van der Waals surface area contributed by atoms with E-state index in [1.165, 1.54) is 4.90 Å². The Balaban J connectivity index is 1.77. The minimum atomic E-state index is -0.947. The smallest absolute Gasteiger partial charge is 0.326 e. The zero-order valence-corrected chi connectivity index (χ0v) is 12.9. The number of nitrogens with zero attached hydrogens (tertiary/aromatic N) is 2. The van der Waals surface area contributed by atoms with Crippen molar-refractivity contribution >= 4 is 11.9 Å². The summed E-state index contributed by atoms with van der Waals surface area (Å²) in [5, 5.41) is 9.18. The zero-order valence-electron chi connectivity index (χ0n) is 12.9. The van der Waals surface area contributed by atoms with Gasteiger partial charge in [-0.3, -0.25) is 4.79 Å². The standard InChI is InChI=1S/C17H18N2O4/c1-11-13(18-16(23-11)12-6-3-2-4-7-12)10-15(20)19-9-5-8-14(19)17(21)22/h2-4,6-7,14H,5,8-10H2,1H3,(H,21,22)/t14-/m0/s1. The number of carbonyl (C=O) groups excluding carboxylic acids is 1. The Kier molecular flexibility index (Phi) is 4.14. The first-order chi connectivity index (χ1) is 11.1. The summed E-state index contributed by atoms with van der Waals surface area (Å²) in [5.74, 6) is -0.103. The predicted molar refractivity (Wildman–Crippen MR) is 82.8 cm³/mol. The largest absolute Gasteiger partial charge is 0.480 e. The molecular weight excluding hydrogens is 296 g/mol. The fourth-order valence-corrected chi connectivity index (χ4v) is 2.86. The van der Waals surface area contributed by atoms with Crippen molar-refractivity contribution < 1.29 is 19.1 Å². The molecule has 1 aliphatic rings. The summed E-state index contributed by atoms with van der Waals surface area (Å²) in [4.78, 5) is 29.4. The Morgan fingerprint density at radius 1 is 1.35 bits per heavy atom. The fraction of sp³-hybridized carbons (Fsp3) is 0.353. The molecule has 6 heteroatoms. The van der Waals surface area contributed by atoms with Crippen LogP contribution in [-0.4, -0.2) is 39.5 Å². The number of oxazole rings is 1. The number of carboxylic acids is 1. The monoisotopic (exact) mass is 314 g/mol. The van der Waals surface area contributed by atoms with E-state index in [1.807, 2.05) is 30.3 Å². The Hall–Kier alpha value is -2.63. The van der Waals surface area contributed by atoms with Gasteiger partial charge in [-0.1, -0.05) is 18.2 Å². The second-order valence-corrected chi connectivity index (χ2v) is 5.65. The van der Waals surface area contributed by atoms with Crippen LogP contribution < -0.4 is 0 Å². The normalized spacial score (nSPS) is 17.4. The van der Waals surface area contributed by atoms with Crippen molar-refractivity contribution in [2.45, 2.75) is 32.2 Å². The van der Waals surface area contributed by atoms with E-state index < -0.39 is 12.0 Å². The molecule has 1 aromatic heterocycles. The molecule has 1 saturated heterocycles. The number of aromatic nitrogens is 1. The quantitative estimate of drug-likeness (QED) is 0.936. The number of benzene rings is 1. The lowest BCUT2D eigenvalue weighted by molar-refractivity contribution is -0.148. The van der Waals surface area contributed by atoms with Gasteiger partial charge in [0.2, 0.25) is 11.8 Å². The number of amides is 1. The summed E-state index contributed by atoms with van der Waals surface area (Å²) >= 11 is 0. The molecule has 0 saturated carbocycles. The van der Waals surface area contributed by atoms with Gasteiger partial charge < -0.3 is 14.4 Å². The molecule has 0 aliphatic carbocycles. The number of hydrogen-bond donors (Lipinski definition) is 1. The number of carboxylic acid groups (broad SMARTS) is 1. The topological polar surface area (TPSA) is 83.6 Å².